The van der Waals surface area contributed by atoms with E-state index < -0.39 is 5.60 Å². The predicted octanol–water partition coefficient (Wildman–Crippen LogP) is 2.98. The lowest BCUT2D eigenvalue weighted by Gasteiger charge is -2.48. The maximum Gasteiger partial charge on any atom is 0.147 e. The Balaban J connectivity index is 1.86. The molecular weight excluding hydrogens is 268 g/mol. The van der Waals surface area contributed by atoms with E-state index in [2.05, 4.69) is 0 Å². The van der Waals surface area contributed by atoms with Gasteiger partial charge in [0.05, 0.1) is 24.9 Å². The van der Waals surface area contributed by atoms with Crippen LogP contribution < -0.4 is 0 Å². The van der Waals surface area contributed by atoms with Crippen LogP contribution in [0.4, 0.5) is 0 Å². The van der Waals surface area contributed by atoms with Crippen LogP contribution in [0.15, 0.2) is 0 Å². The summed E-state index contributed by atoms with van der Waals surface area (Å²) in [5, 5.41) is 10.5. The Bertz CT molecular complexity index is 300. The van der Waals surface area contributed by atoms with Gasteiger partial charge in [-0.15, -0.1) is 0 Å². The first kappa shape index (κ1) is 17.2. The van der Waals surface area contributed by atoms with Crippen molar-refractivity contribution in [2.75, 3.05) is 27.1 Å². The highest BCUT2D eigenvalue weighted by Gasteiger charge is 2.45. The van der Waals surface area contributed by atoms with E-state index in [1.165, 1.54) is 25.7 Å². The zero-order valence-electron chi connectivity index (χ0n) is 13.8. The van der Waals surface area contributed by atoms with Crippen LogP contribution in [0.2, 0.25) is 0 Å². The third-order valence-corrected chi connectivity index (χ3v) is 5.33. The molecule has 2 rings (SSSR count). The van der Waals surface area contributed by atoms with Gasteiger partial charge in [-0.05, 0) is 57.3 Å². The summed E-state index contributed by atoms with van der Waals surface area (Å²) >= 11 is 0. The highest BCUT2D eigenvalue weighted by atomic mass is 16.7. The van der Waals surface area contributed by atoms with Gasteiger partial charge < -0.3 is 19.3 Å². The summed E-state index contributed by atoms with van der Waals surface area (Å²) < 4.78 is 16.4. The molecule has 0 radical (unpaired) electrons. The second-order valence-corrected chi connectivity index (χ2v) is 7.17. The van der Waals surface area contributed by atoms with Gasteiger partial charge in [0, 0.05) is 7.11 Å². The fourth-order valence-electron chi connectivity index (χ4n) is 4.37. The standard InChI is InChI=1S/C17H32O4/c1-17(2,18)15-8-4-7-14-13(15)6-5-9-16(14)21-12-20-11-10-19-3/h13-16,18H,4-12H2,1-3H3/t13-,14?,15-,16-/m0/s1. The quantitative estimate of drug-likeness (QED) is 0.580. The molecule has 4 nitrogen and oxygen atoms in total. The van der Waals surface area contributed by atoms with Gasteiger partial charge in [-0.1, -0.05) is 12.8 Å². The van der Waals surface area contributed by atoms with E-state index in [9.17, 15) is 5.11 Å². The lowest BCUT2D eigenvalue weighted by atomic mass is 9.60. The van der Waals surface area contributed by atoms with Crippen molar-refractivity contribution in [1.29, 1.82) is 0 Å². The largest absolute Gasteiger partial charge is 0.390 e. The first-order chi connectivity index (χ1) is 10.0. The minimum Gasteiger partial charge on any atom is -0.390 e. The second kappa shape index (κ2) is 7.91. The van der Waals surface area contributed by atoms with Crippen LogP contribution in [-0.2, 0) is 14.2 Å². The van der Waals surface area contributed by atoms with E-state index in [0.29, 0.717) is 43.9 Å². The highest BCUT2D eigenvalue weighted by Crippen LogP contribution is 2.48. The van der Waals surface area contributed by atoms with Crippen LogP contribution in [0.25, 0.3) is 0 Å². The number of ether oxygens (including phenoxy) is 3. The lowest BCUT2D eigenvalue weighted by molar-refractivity contribution is -0.153. The molecule has 0 aromatic carbocycles. The van der Waals surface area contributed by atoms with Crippen molar-refractivity contribution in [1.82, 2.24) is 0 Å². The van der Waals surface area contributed by atoms with Crippen molar-refractivity contribution < 1.29 is 19.3 Å². The SMILES string of the molecule is COCCOCO[C@H]1CCC[C@H]2C1CCC[C@@H]2C(C)(C)O. The van der Waals surface area contributed by atoms with E-state index in [4.69, 9.17) is 14.2 Å². The van der Waals surface area contributed by atoms with E-state index >= 15 is 0 Å². The summed E-state index contributed by atoms with van der Waals surface area (Å²) in [6.45, 7) is 5.51. The fraction of sp³-hybridized carbons (Fsp3) is 1.00. The van der Waals surface area contributed by atoms with Gasteiger partial charge in [-0.25, -0.2) is 0 Å². The summed E-state index contributed by atoms with van der Waals surface area (Å²) in [5.74, 6) is 1.61. The summed E-state index contributed by atoms with van der Waals surface area (Å²) in [7, 11) is 1.68. The predicted molar refractivity (Wildman–Crippen MR) is 82.0 cm³/mol. The molecule has 1 unspecified atom stereocenters. The van der Waals surface area contributed by atoms with E-state index in [1.807, 2.05) is 13.8 Å². The Morgan fingerprint density at radius 1 is 1.00 bits per heavy atom. The Morgan fingerprint density at radius 2 is 1.71 bits per heavy atom. The van der Waals surface area contributed by atoms with E-state index in [-0.39, 0.29) is 0 Å². The van der Waals surface area contributed by atoms with Gasteiger partial charge in [-0.3, -0.25) is 0 Å². The molecule has 0 aromatic heterocycles. The molecule has 4 atom stereocenters. The zero-order chi connectivity index (χ0) is 15.3. The molecule has 0 bridgehead atoms. The molecule has 0 amide bonds. The molecule has 2 aliphatic rings. The minimum atomic E-state index is -0.569. The average molecular weight is 300 g/mol. The van der Waals surface area contributed by atoms with Crippen LogP contribution in [-0.4, -0.2) is 43.9 Å². The molecule has 4 heteroatoms. The molecule has 0 aromatic rings. The monoisotopic (exact) mass is 300 g/mol. The normalized spacial score (nSPS) is 33.7. The molecule has 0 heterocycles. The third-order valence-electron chi connectivity index (χ3n) is 5.33. The second-order valence-electron chi connectivity index (χ2n) is 7.17. The van der Waals surface area contributed by atoms with Gasteiger partial charge >= 0.3 is 0 Å². The molecule has 1 N–H and O–H groups in total. The number of aliphatic hydroxyl groups is 1. The van der Waals surface area contributed by atoms with Crippen molar-refractivity contribution in [3.8, 4) is 0 Å². The molecule has 2 saturated carbocycles. The van der Waals surface area contributed by atoms with Gasteiger partial charge in [0.25, 0.3) is 0 Å². The summed E-state index contributed by atoms with van der Waals surface area (Å²) in [6.07, 6.45) is 7.48. The first-order valence-corrected chi connectivity index (χ1v) is 8.44. The minimum absolute atomic E-state index is 0.302. The van der Waals surface area contributed by atoms with Gasteiger partial charge in [0.2, 0.25) is 0 Å². The first-order valence-electron chi connectivity index (χ1n) is 8.44. The van der Waals surface area contributed by atoms with Crippen LogP contribution in [0.3, 0.4) is 0 Å². The summed E-state index contributed by atoms with van der Waals surface area (Å²) in [4.78, 5) is 0. The number of methoxy groups -OCH3 is 1. The number of fused-ring (bicyclic) bond motifs is 1. The molecule has 0 spiro atoms. The van der Waals surface area contributed by atoms with Crippen molar-refractivity contribution in [2.45, 2.75) is 64.1 Å². The van der Waals surface area contributed by atoms with Crippen LogP contribution >= 0.6 is 0 Å². The topological polar surface area (TPSA) is 47.9 Å². The van der Waals surface area contributed by atoms with Crippen molar-refractivity contribution >= 4 is 0 Å². The molecule has 2 aliphatic carbocycles. The molecule has 124 valence electrons. The Labute approximate surface area is 129 Å². The van der Waals surface area contributed by atoms with Crippen molar-refractivity contribution in [2.24, 2.45) is 17.8 Å². The smallest absolute Gasteiger partial charge is 0.147 e. The van der Waals surface area contributed by atoms with Gasteiger partial charge in [-0.2, -0.15) is 0 Å². The fourth-order valence-corrected chi connectivity index (χ4v) is 4.37. The number of hydrogen-bond donors (Lipinski definition) is 1. The Hall–Kier alpha value is -0.160. The van der Waals surface area contributed by atoms with Gasteiger partial charge in [0.15, 0.2) is 0 Å². The molecular formula is C17H32O4. The highest BCUT2D eigenvalue weighted by molar-refractivity contribution is 4.95. The van der Waals surface area contributed by atoms with Gasteiger partial charge in [0.1, 0.15) is 6.79 Å². The number of hydrogen-bond acceptors (Lipinski definition) is 4. The number of rotatable bonds is 7. The zero-order valence-corrected chi connectivity index (χ0v) is 13.8. The summed E-state index contributed by atoms with van der Waals surface area (Å²) in [6, 6.07) is 0. The Morgan fingerprint density at radius 3 is 2.43 bits per heavy atom. The molecule has 21 heavy (non-hydrogen) atoms. The molecule has 0 aliphatic heterocycles. The van der Waals surface area contributed by atoms with Crippen LogP contribution in [0.5, 0.6) is 0 Å². The Kier molecular flexibility index (Phi) is 6.48. The molecule has 2 fully saturated rings. The van der Waals surface area contributed by atoms with Crippen molar-refractivity contribution in [3.63, 3.8) is 0 Å². The van der Waals surface area contributed by atoms with Crippen LogP contribution in [0.1, 0.15) is 52.4 Å². The lowest BCUT2D eigenvalue weighted by Crippen LogP contribution is -2.47. The van der Waals surface area contributed by atoms with E-state index in [1.54, 1.807) is 7.11 Å². The molecule has 0 saturated heterocycles. The maximum absolute atomic E-state index is 10.5. The van der Waals surface area contributed by atoms with Crippen molar-refractivity contribution in [3.05, 3.63) is 0 Å². The average Bonchev–Trinajstić information content (AvgIpc) is 2.45. The third kappa shape index (κ3) is 4.65. The maximum atomic E-state index is 10.5. The summed E-state index contributed by atoms with van der Waals surface area (Å²) in [5.41, 5.74) is -0.569. The van der Waals surface area contributed by atoms with Crippen LogP contribution in [0, 0.1) is 17.8 Å². The van der Waals surface area contributed by atoms with E-state index in [0.717, 1.165) is 12.8 Å².